The van der Waals surface area contributed by atoms with Crippen LogP contribution in [0.5, 0.6) is 0 Å². The van der Waals surface area contributed by atoms with E-state index in [2.05, 4.69) is 33.2 Å². The maximum absolute atomic E-state index is 12.3. The van der Waals surface area contributed by atoms with Crippen molar-refractivity contribution in [3.05, 3.63) is 29.6 Å². The molecule has 1 atom stereocenters. The molecule has 3 rings (SSSR count). The maximum Gasteiger partial charge on any atom is 0.410 e. The molecule has 1 N–H and O–H groups in total. The Kier molecular flexibility index (Phi) is 5.34. The molecule has 142 valence electrons. The van der Waals surface area contributed by atoms with E-state index in [9.17, 15) is 4.79 Å². The summed E-state index contributed by atoms with van der Waals surface area (Å²) in [5, 5.41) is 3.46. The highest BCUT2D eigenvalue weighted by molar-refractivity contribution is 5.82. The molecule has 1 saturated heterocycles. The van der Waals surface area contributed by atoms with E-state index in [4.69, 9.17) is 4.74 Å². The van der Waals surface area contributed by atoms with Gasteiger partial charge in [0, 0.05) is 38.6 Å². The van der Waals surface area contributed by atoms with Crippen LogP contribution in [-0.4, -0.2) is 71.2 Å². The number of ether oxygens (including phenoxy) is 1. The molecular weight excluding hydrogens is 330 g/mol. The number of nitrogens with one attached hydrogen (secondary N) is 1. The minimum absolute atomic E-state index is 0.230. The molecule has 1 aromatic rings. The third kappa shape index (κ3) is 4.45. The van der Waals surface area contributed by atoms with Gasteiger partial charge in [0.15, 0.2) is 5.96 Å². The first-order valence-electron chi connectivity index (χ1n) is 9.26. The average molecular weight is 359 g/mol. The van der Waals surface area contributed by atoms with E-state index in [-0.39, 0.29) is 12.1 Å². The number of nitrogens with zero attached hydrogens (tertiary/aromatic N) is 4. The highest BCUT2D eigenvalue weighted by atomic mass is 16.6. The normalized spacial score (nSPS) is 19.8. The number of aryl methyl sites for hydroxylation is 1. The lowest BCUT2D eigenvalue weighted by molar-refractivity contribution is 0.0137. The van der Waals surface area contributed by atoms with Gasteiger partial charge >= 0.3 is 6.09 Å². The van der Waals surface area contributed by atoms with Gasteiger partial charge in [-0.1, -0.05) is 0 Å². The monoisotopic (exact) mass is 359 g/mol. The van der Waals surface area contributed by atoms with Crippen molar-refractivity contribution in [3.63, 3.8) is 0 Å². The predicted octanol–water partition coefficient (Wildman–Crippen LogP) is 1.81. The van der Waals surface area contributed by atoms with Crippen LogP contribution in [0.25, 0.3) is 0 Å². The van der Waals surface area contributed by atoms with E-state index >= 15 is 0 Å². The Morgan fingerprint density at radius 3 is 2.92 bits per heavy atom. The van der Waals surface area contributed by atoms with Crippen molar-refractivity contribution < 1.29 is 9.53 Å². The van der Waals surface area contributed by atoms with Crippen LogP contribution in [-0.2, 0) is 11.2 Å². The molecule has 1 aromatic heterocycles. The molecule has 0 radical (unpaired) electrons. The van der Waals surface area contributed by atoms with E-state index in [1.54, 1.807) is 4.90 Å². The molecule has 3 heterocycles. The Balaban J connectivity index is 1.48. The Labute approximate surface area is 155 Å². The number of aromatic nitrogens is 1. The smallest absolute Gasteiger partial charge is 0.410 e. The fraction of sp³-hybridized carbons (Fsp3) is 0.632. The Morgan fingerprint density at radius 1 is 1.38 bits per heavy atom. The highest BCUT2D eigenvalue weighted by Gasteiger charge is 2.36. The lowest BCUT2D eigenvalue weighted by Crippen LogP contribution is -2.57. The fourth-order valence-electron chi connectivity index (χ4n) is 3.31. The number of carbonyl (C=O) groups is 1. The van der Waals surface area contributed by atoms with Crippen LogP contribution in [0.15, 0.2) is 23.5 Å². The number of carbonyl (C=O) groups excluding carboxylic acids is 1. The lowest BCUT2D eigenvalue weighted by Gasteiger charge is -2.39. The van der Waals surface area contributed by atoms with Crippen LogP contribution in [0.1, 0.15) is 31.9 Å². The van der Waals surface area contributed by atoms with Gasteiger partial charge in [-0.3, -0.25) is 9.98 Å². The van der Waals surface area contributed by atoms with Gasteiger partial charge in [-0.2, -0.15) is 0 Å². The number of hydrogen-bond acceptors (Lipinski definition) is 6. The van der Waals surface area contributed by atoms with Crippen LogP contribution in [0.2, 0.25) is 0 Å². The summed E-state index contributed by atoms with van der Waals surface area (Å²) in [6.45, 7) is 11.4. The van der Waals surface area contributed by atoms with Gasteiger partial charge in [0.05, 0.1) is 12.6 Å². The van der Waals surface area contributed by atoms with Crippen molar-refractivity contribution in [3.8, 4) is 0 Å². The molecule has 0 spiro atoms. The molecule has 7 heteroatoms. The van der Waals surface area contributed by atoms with Gasteiger partial charge in [0.25, 0.3) is 0 Å². The summed E-state index contributed by atoms with van der Waals surface area (Å²) in [6, 6.07) is 2.30. The SMILES string of the molecule is Cc1cnccc1CCNC1=NCC2CN(C(=O)OC(C)(C)C)CCN12. The van der Waals surface area contributed by atoms with Crippen molar-refractivity contribution >= 4 is 12.1 Å². The van der Waals surface area contributed by atoms with Crippen molar-refractivity contribution in [2.45, 2.75) is 45.8 Å². The van der Waals surface area contributed by atoms with Gasteiger partial charge in [0.2, 0.25) is 0 Å². The van der Waals surface area contributed by atoms with E-state index in [1.165, 1.54) is 11.1 Å². The Morgan fingerprint density at radius 2 is 2.19 bits per heavy atom. The molecule has 1 fully saturated rings. The molecule has 0 aliphatic carbocycles. The zero-order valence-electron chi connectivity index (χ0n) is 16.2. The molecular formula is C19H29N5O2. The summed E-state index contributed by atoms with van der Waals surface area (Å²) in [4.78, 5) is 25.1. The second kappa shape index (κ2) is 7.51. The minimum Gasteiger partial charge on any atom is -0.444 e. The summed E-state index contributed by atoms with van der Waals surface area (Å²) in [5.74, 6) is 0.950. The standard InChI is InChI=1S/C19H29N5O2/c1-14-11-20-7-5-15(14)6-8-21-17-22-12-16-13-23(9-10-24(16)17)18(25)26-19(2,3)4/h5,7,11,16H,6,8-10,12-13H2,1-4H3,(H,21,22). The van der Waals surface area contributed by atoms with E-state index in [1.807, 2.05) is 33.2 Å². The summed E-state index contributed by atoms with van der Waals surface area (Å²) >= 11 is 0. The Hall–Kier alpha value is -2.31. The molecule has 0 saturated carbocycles. The van der Waals surface area contributed by atoms with Crippen molar-refractivity contribution in [2.24, 2.45) is 4.99 Å². The number of aliphatic imine (C=N–C) groups is 1. The topological polar surface area (TPSA) is 70.1 Å². The number of fused-ring (bicyclic) bond motifs is 1. The third-order valence-electron chi connectivity index (χ3n) is 4.67. The number of rotatable bonds is 3. The maximum atomic E-state index is 12.3. The largest absolute Gasteiger partial charge is 0.444 e. The number of piperazine rings is 1. The molecule has 7 nitrogen and oxygen atoms in total. The summed E-state index contributed by atoms with van der Waals surface area (Å²) in [6.07, 6.45) is 4.44. The third-order valence-corrected chi connectivity index (χ3v) is 4.67. The number of guanidine groups is 1. The minimum atomic E-state index is -0.460. The first-order valence-corrected chi connectivity index (χ1v) is 9.26. The van der Waals surface area contributed by atoms with E-state index in [0.29, 0.717) is 13.1 Å². The van der Waals surface area contributed by atoms with E-state index < -0.39 is 5.60 Å². The van der Waals surface area contributed by atoms with Gasteiger partial charge in [-0.05, 0) is 51.3 Å². The molecule has 0 aromatic carbocycles. The summed E-state index contributed by atoms with van der Waals surface area (Å²) in [5.41, 5.74) is 2.06. The molecule has 2 aliphatic heterocycles. The number of amides is 1. The van der Waals surface area contributed by atoms with Crippen LogP contribution in [0.3, 0.4) is 0 Å². The number of hydrogen-bond donors (Lipinski definition) is 1. The molecule has 1 unspecified atom stereocenters. The summed E-state index contributed by atoms with van der Waals surface area (Å²) < 4.78 is 5.49. The average Bonchev–Trinajstić information content (AvgIpc) is 2.97. The van der Waals surface area contributed by atoms with Gasteiger partial charge in [-0.25, -0.2) is 4.79 Å². The van der Waals surface area contributed by atoms with Crippen molar-refractivity contribution in [1.29, 1.82) is 0 Å². The van der Waals surface area contributed by atoms with Crippen LogP contribution in [0, 0.1) is 6.92 Å². The zero-order chi connectivity index (χ0) is 18.7. The fourth-order valence-corrected chi connectivity index (χ4v) is 3.31. The van der Waals surface area contributed by atoms with Crippen molar-refractivity contribution in [2.75, 3.05) is 32.7 Å². The first kappa shape index (κ1) is 18.5. The molecule has 1 amide bonds. The predicted molar refractivity (Wildman–Crippen MR) is 101 cm³/mol. The zero-order valence-corrected chi connectivity index (χ0v) is 16.2. The lowest BCUT2D eigenvalue weighted by atomic mass is 10.1. The van der Waals surface area contributed by atoms with Gasteiger partial charge in [-0.15, -0.1) is 0 Å². The van der Waals surface area contributed by atoms with Gasteiger partial charge in [0.1, 0.15) is 5.60 Å². The quantitative estimate of drug-likeness (QED) is 0.891. The highest BCUT2D eigenvalue weighted by Crippen LogP contribution is 2.18. The van der Waals surface area contributed by atoms with Crippen molar-refractivity contribution in [1.82, 2.24) is 20.1 Å². The second-order valence-corrected chi connectivity index (χ2v) is 7.92. The van der Waals surface area contributed by atoms with Gasteiger partial charge < -0.3 is 19.9 Å². The first-order chi connectivity index (χ1) is 12.3. The summed E-state index contributed by atoms with van der Waals surface area (Å²) in [7, 11) is 0. The molecule has 2 aliphatic rings. The number of pyridine rings is 1. The molecule has 0 bridgehead atoms. The van der Waals surface area contributed by atoms with Crippen LogP contribution in [0.4, 0.5) is 4.79 Å². The molecule has 26 heavy (non-hydrogen) atoms. The van der Waals surface area contributed by atoms with Crippen LogP contribution < -0.4 is 5.32 Å². The second-order valence-electron chi connectivity index (χ2n) is 7.92. The Bertz CT molecular complexity index is 683. The van der Waals surface area contributed by atoms with E-state index in [0.717, 1.165) is 32.0 Å². The van der Waals surface area contributed by atoms with Crippen LogP contribution >= 0.6 is 0 Å².